The first-order chi connectivity index (χ1) is 6.92. The number of hydrogen-bond donors (Lipinski definition) is 1. The third kappa shape index (κ3) is 1.17. The topological polar surface area (TPSA) is 12.0 Å². The van der Waals surface area contributed by atoms with Crippen LogP contribution in [0.2, 0.25) is 0 Å². The van der Waals surface area contributed by atoms with Crippen LogP contribution in [0.3, 0.4) is 0 Å². The monoisotopic (exact) mass is 207 g/mol. The van der Waals surface area contributed by atoms with Gasteiger partial charge in [-0.1, -0.05) is 12.5 Å². The highest BCUT2D eigenvalue weighted by Crippen LogP contribution is 2.49. The van der Waals surface area contributed by atoms with Crippen LogP contribution in [-0.2, 0) is 5.41 Å². The average Bonchev–Trinajstić information content (AvgIpc) is 2.71. The summed E-state index contributed by atoms with van der Waals surface area (Å²) in [7, 11) is 0. The molecule has 2 aliphatic rings. The van der Waals surface area contributed by atoms with Crippen molar-refractivity contribution >= 4 is 11.3 Å². The molecule has 0 aromatic carbocycles. The lowest BCUT2D eigenvalue weighted by Gasteiger charge is -2.46. The Bertz CT molecular complexity index is 294. The van der Waals surface area contributed by atoms with Gasteiger partial charge >= 0.3 is 0 Å². The Morgan fingerprint density at radius 2 is 2.29 bits per heavy atom. The van der Waals surface area contributed by atoms with Crippen LogP contribution in [0, 0.1) is 0 Å². The second-order valence-corrected chi connectivity index (χ2v) is 5.58. The van der Waals surface area contributed by atoms with E-state index in [4.69, 9.17) is 0 Å². The summed E-state index contributed by atoms with van der Waals surface area (Å²) in [5, 5.41) is 5.92. The predicted octanol–water partition coefficient (Wildman–Crippen LogP) is 2.92. The Labute approximate surface area is 89.5 Å². The molecule has 1 atom stereocenters. The largest absolute Gasteiger partial charge is 0.313 e. The summed E-state index contributed by atoms with van der Waals surface area (Å²) in [6.45, 7) is 1.23. The predicted molar refractivity (Wildman–Crippen MR) is 60.9 cm³/mol. The van der Waals surface area contributed by atoms with Gasteiger partial charge in [-0.2, -0.15) is 0 Å². The minimum Gasteiger partial charge on any atom is -0.313 e. The molecule has 0 bridgehead atoms. The van der Waals surface area contributed by atoms with E-state index in [9.17, 15) is 0 Å². The zero-order valence-corrected chi connectivity index (χ0v) is 9.28. The van der Waals surface area contributed by atoms with E-state index in [1.165, 1.54) is 38.6 Å². The third-order valence-electron chi connectivity index (χ3n) is 3.99. The standard InChI is InChI=1S/C12H17NS/c1-4-10(13-8-1)12(6-3-7-12)11-5-2-9-14-11/h2,5,9-10,13H,1,3-4,6-8H2. The summed E-state index contributed by atoms with van der Waals surface area (Å²) in [6.07, 6.45) is 7.00. The molecule has 2 heteroatoms. The minimum atomic E-state index is 0.532. The third-order valence-corrected chi connectivity index (χ3v) is 5.07. The molecule has 0 radical (unpaired) electrons. The van der Waals surface area contributed by atoms with Crippen LogP contribution in [0.4, 0.5) is 0 Å². The summed E-state index contributed by atoms with van der Waals surface area (Å²) in [5.74, 6) is 0. The van der Waals surface area contributed by atoms with Crippen LogP contribution in [0.1, 0.15) is 37.0 Å². The van der Waals surface area contributed by atoms with E-state index in [1.807, 2.05) is 11.3 Å². The van der Waals surface area contributed by atoms with Gasteiger partial charge in [0.2, 0.25) is 0 Å². The van der Waals surface area contributed by atoms with Gasteiger partial charge in [0, 0.05) is 16.3 Å². The van der Waals surface area contributed by atoms with Crippen molar-refractivity contribution in [3.63, 3.8) is 0 Å². The highest BCUT2D eigenvalue weighted by atomic mass is 32.1. The van der Waals surface area contributed by atoms with Crippen LogP contribution >= 0.6 is 11.3 Å². The molecule has 1 N–H and O–H groups in total. The summed E-state index contributed by atoms with van der Waals surface area (Å²) >= 11 is 1.95. The summed E-state index contributed by atoms with van der Waals surface area (Å²) in [5.41, 5.74) is 0.532. The Morgan fingerprint density at radius 1 is 1.36 bits per heavy atom. The highest BCUT2D eigenvalue weighted by molar-refractivity contribution is 7.10. The smallest absolute Gasteiger partial charge is 0.0200 e. The van der Waals surface area contributed by atoms with E-state index in [0.717, 1.165) is 6.04 Å². The van der Waals surface area contributed by atoms with Gasteiger partial charge in [-0.15, -0.1) is 11.3 Å². The molecule has 1 nitrogen and oxygen atoms in total. The molecule has 1 saturated carbocycles. The van der Waals surface area contributed by atoms with E-state index < -0.39 is 0 Å². The molecule has 1 aliphatic heterocycles. The lowest BCUT2D eigenvalue weighted by atomic mass is 9.63. The lowest BCUT2D eigenvalue weighted by Crippen LogP contribution is -2.49. The first kappa shape index (κ1) is 8.93. The zero-order valence-electron chi connectivity index (χ0n) is 8.46. The van der Waals surface area contributed by atoms with Gasteiger partial charge in [0.1, 0.15) is 0 Å². The van der Waals surface area contributed by atoms with Gasteiger partial charge in [0.05, 0.1) is 0 Å². The lowest BCUT2D eigenvalue weighted by molar-refractivity contribution is 0.186. The van der Waals surface area contributed by atoms with Crippen molar-refractivity contribution in [2.75, 3.05) is 6.54 Å². The fourth-order valence-corrected chi connectivity index (χ4v) is 4.08. The highest BCUT2D eigenvalue weighted by Gasteiger charge is 2.46. The number of rotatable bonds is 2. The second kappa shape index (κ2) is 3.35. The molecule has 0 amide bonds. The van der Waals surface area contributed by atoms with Crippen LogP contribution in [-0.4, -0.2) is 12.6 Å². The molecule has 1 aliphatic carbocycles. The van der Waals surface area contributed by atoms with Crippen molar-refractivity contribution in [2.24, 2.45) is 0 Å². The molecule has 76 valence electrons. The minimum absolute atomic E-state index is 0.532. The van der Waals surface area contributed by atoms with Crippen molar-refractivity contribution in [1.29, 1.82) is 0 Å². The van der Waals surface area contributed by atoms with Crippen LogP contribution in [0.25, 0.3) is 0 Å². The van der Waals surface area contributed by atoms with E-state index in [2.05, 4.69) is 22.8 Å². The summed E-state index contributed by atoms with van der Waals surface area (Å²) in [6, 6.07) is 5.31. The first-order valence-electron chi connectivity index (χ1n) is 5.69. The van der Waals surface area contributed by atoms with Gasteiger partial charge < -0.3 is 5.32 Å². The summed E-state index contributed by atoms with van der Waals surface area (Å²) < 4.78 is 0. The van der Waals surface area contributed by atoms with Crippen LogP contribution in [0.15, 0.2) is 17.5 Å². The zero-order chi connectivity index (χ0) is 9.43. The molecule has 1 unspecified atom stereocenters. The van der Waals surface area contributed by atoms with Crippen molar-refractivity contribution in [2.45, 2.75) is 43.6 Å². The van der Waals surface area contributed by atoms with Gasteiger partial charge in [-0.05, 0) is 43.7 Å². The maximum absolute atomic E-state index is 3.69. The SMILES string of the molecule is c1csc(C2(C3CCCN3)CCC2)c1. The van der Waals surface area contributed by atoms with E-state index >= 15 is 0 Å². The number of thiophene rings is 1. The molecular formula is C12H17NS. The number of hydrogen-bond acceptors (Lipinski definition) is 2. The molecule has 3 rings (SSSR count). The molecule has 1 aromatic heterocycles. The molecule has 2 heterocycles. The van der Waals surface area contributed by atoms with E-state index in [1.54, 1.807) is 4.88 Å². The molecule has 1 aromatic rings. The Kier molecular flexibility index (Phi) is 2.14. The van der Waals surface area contributed by atoms with Crippen molar-refractivity contribution in [1.82, 2.24) is 5.32 Å². The second-order valence-electron chi connectivity index (χ2n) is 4.64. The van der Waals surface area contributed by atoms with Crippen molar-refractivity contribution in [3.8, 4) is 0 Å². The maximum Gasteiger partial charge on any atom is 0.0200 e. The van der Waals surface area contributed by atoms with Gasteiger partial charge in [-0.3, -0.25) is 0 Å². The maximum atomic E-state index is 3.69. The normalized spacial score (nSPS) is 30.1. The van der Waals surface area contributed by atoms with E-state index in [-0.39, 0.29) is 0 Å². The Hall–Kier alpha value is -0.340. The van der Waals surface area contributed by atoms with Crippen molar-refractivity contribution in [3.05, 3.63) is 22.4 Å². The first-order valence-corrected chi connectivity index (χ1v) is 6.57. The van der Waals surface area contributed by atoms with Gasteiger partial charge in [0.25, 0.3) is 0 Å². The van der Waals surface area contributed by atoms with Crippen molar-refractivity contribution < 1.29 is 0 Å². The van der Waals surface area contributed by atoms with Crippen LogP contribution < -0.4 is 5.32 Å². The Balaban J connectivity index is 1.90. The average molecular weight is 207 g/mol. The van der Waals surface area contributed by atoms with Gasteiger partial charge in [0.15, 0.2) is 0 Å². The fourth-order valence-electron chi connectivity index (χ4n) is 3.04. The molecule has 2 fully saturated rings. The fraction of sp³-hybridized carbons (Fsp3) is 0.667. The number of nitrogens with one attached hydrogen (secondary N) is 1. The van der Waals surface area contributed by atoms with Gasteiger partial charge in [-0.25, -0.2) is 0 Å². The summed E-state index contributed by atoms with van der Waals surface area (Å²) in [4.78, 5) is 1.63. The molecule has 0 spiro atoms. The Morgan fingerprint density at radius 3 is 2.79 bits per heavy atom. The van der Waals surface area contributed by atoms with Crippen LogP contribution in [0.5, 0.6) is 0 Å². The quantitative estimate of drug-likeness (QED) is 0.786. The molecule has 1 saturated heterocycles. The van der Waals surface area contributed by atoms with E-state index in [0.29, 0.717) is 5.41 Å². The molecule has 14 heavy (non-hydrogen) atoms. The molecular weight excluding hydrogens is 190 g/mol.